The minimum absolute atomic E-state index is 0.0510. The topological polar surface area (TPSA) is 59.2 Å². The Hall–Kier alpha value is -1.69. The number of amides is 1. The minimum Gasteiger partial charge on any atom is -0.361 e. The van der Waals surface area contributed by atoms with E-state index in [0.717, 1.165) is 37.4 Å². The Kier molecular flexibility index (Phi) is 4.05. The molecule has 1 unspecified atom stereocenters. The van der Waals surface area contributed by atoms with E-state index in [2.05, 4.69) is 10.1 Å². The number of aromatic nitrogens is 2. The molecule has 0 aromatic carbocycles. The molecule has 1 aliphatic rings. The van der Waals surface area contributed by atoms with Gasteiger partial charge in [-0.05, 0) is 32.6 Å². The highest BCUT2D eigenvalue weighted by Gasteiger charge is 2.28. The molecule has 5 nitrogen and oxygen atoms in total. The van der Waals surface area contributed by atoms with Crippen LogP contribution in [0, 0.1) is 19.8 Å². The van der Waals surface area contributed by atoms with Crippen LogP contribution in [0.25, 0.3) is 0 Å². The molecule has 0 radical (unpaired) electrons. The molecule has 2 aromatic rings. The van der Waals surface area contributed by atoms with Crippen LogP contribution in [0.15, 0.2) is 16.1 Å². The predicted molar refractivity (Wildman–Crippen MR) is 80.4 cm³/mol. The zero-order valence-corrected chi connectivity index (χ0v) is 13.2. The molecule has 0 bridgehead atoms. The number of rotatable bonds is 3. The summed E-state index contributed by atoms with van der Waals surface area (Å²) < 4.78 is 5.11. The van der Waals surface area contributed by atoms with Crippen molar-refractivity contribution in [3.63, 3.8) is 0 Å². The number of aryl methyl sites for hydroxylation is 2. The number of carbonyl (C=O) groups excluding carboxylic acids is 1. The van der Waals surface area contributed by atoms with Crippen molar-refractivity contribution < 1.29 is 9.32 Å². The minimum atomic E-state index is 0.0510. The van der Waals surface area contributed by atoms with Crippen molar-refractivity contribution in [3.8, 4) is 0 Å². The molecular weight excluding hydrogens is 286 g/mol. The lowest BCUT2D eigenvalue weighted by Gasteiger charge is -2.32. The number of hydrogen-bond acceptors (Lipinski definition) is 5. The number of nitrogens with zero attached hydrogens (tertiary/aromatic N) is 3. The van der Waals surface area contributed by atoms with E-state index in [4.69, 9.17) is 4.52 Å². The van der Waals surface area contributed by atoms with Gasteiger partial charge in [0.2, 0.25) is 0 Å². The molecule has 1 amide bonds. The van der Waals surface area contributed by atoms with Gasteiger partial charge in [-0.15, -0.1) is 11.3 Å². The van der Waals surface area contributed by atoms with Crippen molar-refractivity contribution in [3.05, 3.63) is 33.6 Å². The number of hydrogen-bond donors (Lipinski definition) is 0. The molecular formula is C15H19N3O2S. The normalized spacial score (nSPS) is 19.0. The van der Waals surface area contributed by atoms with Crippen LogP contribution in [0.3, 0.4) is 0 Å². The Balaban J connectivity index is 1.69. The van der Waals surface area contributed by atoms with Crippen LogP contribution in [0.4, 0.5) is 0 Å². The smallest absolute Gasteiger partial charge is 0.259 e. The Morgan fingerprint density at radius 3 is 3.05 bits per heavy atom. The second-order valence-electron chi connectivity index (χ2n) is 5.59. The van der Waals surface area contributed by atoms with E-state index in [1.165, 1.54) is 0 Å². The summed E-state index contributed by atoms with van der Waals surface area (Å²) in [4.78, 5) is 19.0. The summed E-state index contributed by atoms with van der Waals surface area (Å²) in [6.45, 7) is 5.23. The second kappa shape index (κ2) is 5.97. The third-order valence-electron chi connectivity index (χ3n) is 4.00. The van der Waals surface area contributed by atoms with E-state index >= 15 is 0 Å². The molecule has 1 saturated heterocycles. The van der Waals surface area contributed by atoms with Gasteiger partial charge in [-0.25, -0.2) is 4.98 Å². The Labute approximate surface area is 128 Å². The second-order valence-corrected chi connectivity index (χ2v) is 6.57. The molecule has 6 heteroatoms. The fourth-order valence-corrected chi connectivity index (χ4v) is 3.70. The van der Waals surface area contributed by atoms with E-state index in [-0.39, 0.29) is 5.91 Å². The first-order valence-corrected chi connectivity index (χ1v) is 8.13. The van der Waals surface area contributed by atoms with Crippen molar-refractivity contribution in [2.75, 3.05) is 13.1 Å². The van der Waals surface area contributed by atoms with Gasteiger partial charge in [-0.3, -0.25) is 4.79 Å². The van der Waals surface area contributed by atoms with E-state index < -0.39 is 0 Å². The Bertz CT molecular complexity index is 601. The van der Waals surface area contributed by atoms with E-state index in [0.29, 0.717) is 22.9 Å². The van der Waals surface area contributed by atoms with Gasteiger partial charge in [-0.2, -0.15) is 0 Å². The summed E-state index contributed by atoms with van der Waals surface area (Å²) in [7, 11) is 0. The standard InChI is InChI=1S/C15H19N3O2S/c1-10-14(11(2)20-17-10)15(19)18-6-3-4-12(9-18)8-13-16-5-7-21-13/h5,7,12H,3-4,6,8-9H2,1-2H3. The summed E-state index contributed by atoms with van der Waals surface area (Å²) in [6.07, 6.45) is 5.01. The van der Waals surface area contributed by atoms with Crippen LogP contribution >= 0.6 is 11.3 Å². The molecule has 21 heavy (non-hydrogen) atoms. The molecule has 2 aromatic heterocycles. The highest BCUT2D eigenvalue weighted by atomic mass is 32.1. The highest BCUT2D eigenvalue weighted by Crippen LogP contribution is 2.24. The fourth-order valence-electron chi connectivity index (χ4n) is 2.96. The van der Waals surface area contributed by atoms with Gasteiger partial charge in [0.1, 0.15) is 11.3 Å². The Morgan fingerprint density at radius 2 is 2.38 bits per heavy atom. The number of piperidine rings is 1. The van der Waals surface area contributed by atoms with Gasteiger partial charge in [0.15, 0.2) is 0 Å². The third kappa shape index (κ3) is 3.00. The van der Waals surface area contributed by atoms with Crippen LogP contribution < -0.4 is 0 Å². The van der Waals surface area contributed by atoms with Gasteiger partial charge >= 0.3 is 0 Å². The van der Waals surface area contributed by atoms with Crippen LogP contribution in [-0.2, 0) is 6.42 Å². The lowest BCUT2D eigenvalue weighted by molar-refractivity contribution is 0.0671. The largest absolute Gasteiger partial charge is 0.361 e. The van der Waals surface area contributed by atoms with Crippen molar-refractivity contribution in [1.29, 1.82) is 0 Å². The van der Waals surface area contributed by atoms with Gasteiger partial charge in [-0.1, -0.05) is 5.16 Å². The lowest BCUT2D eigenvalue weighted by Crippen LogP contribution is -2.40. The quantitative estimate of drug-likeness (QED) is 0.875. The molecule has 3 rings (SSSR count). The lowest BCUT2D eigenvalue weighted by atomic mass is 9.94. The molecule has 1 fully saturated rings. The van der Waals surface area contributed by atoms with E-state index in [1.807, 2.05) is 23.4 Å². The SMILES string of the molecule is Cc1noc(C)c1C(=O)N1CCCC(Cc2nccs2)C1. The monoisotopic (exact) mass is 305 g/mol. The fraction of sp³-hybridized carbons (Fsp3) is 0.533. The molecule has 1 atom stereocenters. The predicted octanol–water partition coefficient (Wildman–Crippen LogP) is 2.84. The number of carbonyl (C=O) groups is 1. The zero-order chi connectivity index (χ0) is 14.8. The average Bonchev–Trinajstić information content (AvgIpc) is 3.09. The summed E-state index contributed by atoms with van der Waals surface area (Å²) in [5.41, 5.74) is 1.31. The first-order valence-electron chi connectivity index (χ1n) is 7.25. The van der Waals surface area contributed by atoms with Crippen molar-refractivity contribution in [2.24, 2.45) is 5.92 Å². The van der Waals surface area contributed by atoms with Crippen LogP contribution in [0.5, 0.6) is 0 Å². The Morgan fingerprint density at radius 1 is 1.52 bits per heavy atom. The zero-order valence-electron chi connectivity index (χ0n) is 12.3. The highest BCUT2D eigenvalue weighted by molar-refractivity contribution is 7.09. The van der Waals surface area contributed by atoms with Gasteiger partial charge in [0.05, 0.1) is 10.7 Å². The molecule has 0 spiro atoms. The summed E-state index contributed by atoms with van der Waals surface area (Å²) >= 11 is 1.69. The van der Waals surface area contributed by atoms with Gasteiger partial charge < -0.3 is 9.42 Å². The molecule has 0 aliphatic carbocycles. The first-order chi connectivity index (χ1) is 10.1. The molecule has 3 heterocycles. The summed E-state index contributed by atoms with van der Waals surface area (Å²) in [5.74, 6) is 1.16. The molecule has 112 valence electrons. The van der Waals surface area contributed by atoms with Gasteiger partial charge in [0.25, 0.3) is 5.91 Å². The first kappa shape index (κ1) is 14.3. The van der Waals surface area contributed by atoms with Crippen LogP contribution in [-0.4, -0.2) is 34.0 Å². The van der Waals surface area contributed by atoms with Crippen LogP contribution in [0.1, 0.15) is 39.7 Å². The van der Waals surface area contributed by atoms with Crippen molar-refractivity contribution >= 4 is 17.2 Å². The maximum absolute atomic E-state index is 12.7. The van der Waals surface area contributed by atoms with E-state index in [9.17, 15) is 4.79 Å². The van der Waals surface area contributed by atoms with Crippen molar-refractivity contribution in [2.45, 2.75) is 33.1 Å². The van der Waals surface area contributed by atoms with E-state index in [1.54, 1.807) is 18.3 Å². The van der Waals surface area contributed by atoms with Gasteiger partial charge in [0, 0.05) is 31.1 Å². The average molecular weight is 305 g/mol. The molecule has 1 aliphatic heterocycles. The summed E-state index contributed by atoms with van der Waals surface area (Å²) in [6, 6.07) is 0. The maximum atomic E-state index is 12.7. The number of thiazole rings is 1. The maximum Gasteiger partial charge on any atom is 0.259 e. The molecule has 0 saturated carbocycles. The van der Waals surface area contributed by atoms with Crippen molar-refractivity contribution in [1.82, 2.24) is 15.0 Å². The molecule has 0 N–H and O–H groups in total. The third-order valence-corrected chi connectivity index (χ3v) is 4.80. The summed E-state index contributed by atoms with van der Waals surface area (Å²) in [5, 5.41) is 7.04. The van der Waals surface area contributed by atoms with Crippen LogP contribution in [0.2, 0.25) is 0 Å². The number of likely N-dealkylation sites (tertiary alicyclic amines) is 1.